The first kappa shape index (κ1) is 20.3. The van der Waals surface area contributed by atoms with Crippen molar-refractivity contribution in [3.63, 3.8) is 0 Å². The second kappa shape index (κ2) is 9.09. The molecule has 0 spiro atoms. The fourth-order valence-corrected chi connectivity index (χ4v) is 3.68. The highest BCUT2D eigenvalue weighted by Gasteiger charge is 2.28. The van der Waals surface area contributed by atoms with Crippen molar-refractivity contribution in [2.75, 3.05) is 31.6 Å². The number of halogens is 1. The third kappa shape index (κ3) is 4.22. The van der Waals surface area contributed by atoms with Gasteiger partial charge in [-0.2, -0.15) is 0 Å². The third-order valence-electron chi connectivity index (χ3n) is 5.12. The molecule has 144 valence electrons. The highest BCUT2D eigenvalue weighted by Crippen LogP contribution is 2.31. The molecule has 1 aliphatic heterocycles. The molecule has 2 unspecified atom stereocenters. The van der Waals surface area contributed by atoms with Gasteiger partial charge in [-0.3, -0.25) is 9.69 Å². The molecule has 8 heteroatoms. The van der Waals surface area contributed by atoms with Gasteiger partial charge in [-0.1, -0.05) is 12.8 Å². The number of hydrogen-bond donors (Lipinski definition) is 3. The summed E-state index contributed by atoms with van der Waals surface area (Å²) in [6, 6.07) is 5.13. The lowest BCUT2D eigenvalue weighted by molar-refractivity contribution is 0.0908. The number of rotatable bonds is 5. The molecule has 4 N–H and O–H groups in total. The molecule has 3 amide bonds. The van der Waals surface area contributed by atoms with Gasteiger partial charge in [-0.05, 0) is 43.5 Å². The zero-order valence-electron chi connectivity index (χ0n) is 15.0. The van der Waals surface area contributed by atoms with Gasteiger partial charge in [-0.15, -0.1) is 12.4 Å². The number of nitrogens with two attached hydrogens (primary N) is 1. The van der Waals surface area contributed by atoms with E-state index in [9.17, 15) is 9.59 Å². The van der Waals surface area contributed by atoms with Crippen molar-refractivity contribution in [3.8, 4) is 5.75 Å². The molecule has 26 heavy (non-hydrogen) atoms. The number of urea groups is 1. The highest BCUT2D eigenvalue weighted by atomic mass is 35.5. The van der Waals surface area contributed by atoms with E-state index in [0.717, 1.165) is 19.3 Å². The molecule has 0 radical (unpaired) electrons. The molecular weight excluding hydrogens is 356 g/mol. The molecule has 1 saturated carbocycles. The standard InChI is InChI=1S/C18H26N4O3.ClH/c1-25-16-7-6-12(10-15(16)22-9-8-20-18(22)24)17(23)21-14-5-3-2-4-13(14)11-19;/h6-7,10,13-14H,2-5,8-9,11,19H2,1H3,(H,20,24)(H,21,23);1H. The number of nitrogens with one attached hydrogen (secondary N) is 2. The molecule has 2 atom stereocenters. The number of amides is 3. The van der Waals surface area contributed by atoms with Crippen molar-refractivity contribution in [1.29, 1.82) is 0 Å². The van der Waals surface area contributed by atoms with E-state index in [0.29, 0.717) is 42.6 Å². The number of carbonyl (C=O) groups excluding carboxylic acids is 2. The van der Waals surface area contributed by atoms with Crippen molar-refractivity contribution in [2.45, 2.75) is 31.7 Å². The van der Waals surface area contributed by atoms with Gasteiger partial charge in [0.05, 0.1) is 12.8 Å². The largest absolute Gasteiger partial charge is 0.495 e. The molecular formula is C18H27ClN4O3. The summed E-state index contributed by atoms with van der Waals surface area (Å²) in [6.07, 6.45) is 4.31. The SMILES string of the molecule is COc1ccc(C(=O)NC2CCCCC2CN)cc1N1CCNC1=O.Cl. The van der Waals surface area contributed by atoms with Crippen LogP contribution in [-0.4, -0.2) is 44.7 Å². The zero-order valence-corrected chi connectivity index (χ0v) is 15.8. The Kier molecular flexibility index (Phi) is 7.11. The number of hydrogen-bond acceptors (Lipinski definition) is 4. The van der Waals surface area contributed by atoms with Crippen LogP contribution in [0, 0.1) is 5.92 Å². The second-order valence-electron chi connectivity index (χ2n) is 6.63. The predicted molar refractivity (Wildman–Crippen MR) is 103 cm³/mol. The van der Waals surface area contributed by atoms with E-state index in [4.69, 9.17) is 10.5 Å². The van der Waals surface area contributed by atoms with Gasteiger partial charge in [0.1, 0.15) is 5.75 Å². The van der Waals surface area contributed by atoms with Crippen LogP contribution in [0.2, 0.25) is 0 Å². The molecule has 1 aromatic rings. The quantitative estimate of drug-likeness (QED) is 0.724. The summed E-state index contributed by atoms with van der Waals surface area (Å²) in [4.78, 5) is 26.3. The van der Waals surface area contributed by atoms with E-state index in [1.807, 2.05) is 0 Å². The van der Waals surface area contributed by atoms with Gasteiger partial charge >= 0.3 is 6.03 Å². The van der Waals surface area contributed by atoms with Crippen LogP contribution >= 0.6 is 12.4 Å². The van der Waals surface area contributed by atoms with Gasteiger partial charge in [0.15, 0.2) is 0 Å². The summed E-state index contributed by atoms with van der Waals surface area (Å²) in [5.41, 5.74) is 6.99. The van der Waals surface area contributed by atoms with Crippen LogP contribution in [0.5, 0.6) is 5.75 Å². The highest BCUT2D eigenvalue weighted by molar-refractivity contribution is 6.00. The van der Waals surface area contributed by atoms with E-state index in [-0.39, 0.29) is 30.4 Å². The maximum absolute atomic E-state index is 12.7. The van der Waals surface area contributed by atoms with E-state index in [1.54, 1.807) is 30.2 Å². The molecule has 3 rings (SSSR count). The first-order valence-corrected chi connectivity index (χ1v) is 8.88. The Morgan fingerprint density at radius 3 is 2.81 bits per heavy atom. The minimum absolute atomic E-state index is 0. The normalized spacial score (nSPS) is 22.4. The number of ether oxygens (including phenoxy) is 1. The van der Waals surface area contributed by atoms with Crippen molar-refractivity contribution in [3.05, 3.63) is 23.8 Å². The first-order chi connectivity index (χ1) is 12.1. The van der Waals surface area contributed by atoms with Crippen LogP contribution in [0.25, 0.3) is 0 Å². The molecule has 0 bridgehead atoms. The van der Waals surface area contributed by atoms with Gasteiger partial charge < -0.3 is 21.1 Å². The molecule has 1 aromatic carbocycles. The van der Waals surface area contributed by atoms with Crippen LogP contribution in [0.1, 0.15) is 36.0 Å². The van der Waals surface area contributed by atoms with E-state index < -0.39 is 0 Å². The van der Waals surface area contributed by atoms with Crippen LogP contribution in [0.4, 0.5) is 10.5 Å². The lowest BCUT2D eigenvalue weighted by atomic mass is 9.84. The predicted octanol–water partition coefficient (Wildman–Crippen LogP) is 1.89. The summed E-state index contributed by atoms with van der Waals surface area (Å²) in [5.74, 6) is 0.778. The van der Waals surface area contributed by atoms with E-state index in [2.05, 4.69) is 10.6 Å². The Morgan fingerprint density at radius 1 is 1.38 bits per heavy atom. The Hall–Kier alpha value is -1.99. The minimum Gasteiger partial charge on any atom is -0.495 e. The lowest BCUT2D eigenvalue weighted by Crippen LogP contribution is -2.44. The van der Waals surface area contributed by atoms with Crippen molar-refractivity contribution in [1.82, 2.24) is 10.6 Å². The van der Waals surface area contributed by atoms with Crippen LogP contribution < -0.4 is 26.0 Å². The van der Waals surface area contributed by atoms with Gasteiger partial charge in [-0.25, -0.2) is 4.79 Å². The summed E-state index contributed by atoms with van der Waals surface area (Å²) in [6.45, 7) is 1.73. The van der Waals surface area contributed by atoms with Crippen LogP contribution in [0.3, 0.4) is 0 Å². The Morgan fingerprint density at radius 2 is 2.15 bits per heavy atom. The van der Waals surface area contributed by atoms with Gasteiger partial charge in [0, 0.05) is 24.7 Å². The van der Waals surface area contributed by atoms with E-state index >= 15 is 0 Å². The van der Waals surface area contributed by atoms with E-state index in [1.165, 1.54) is 6.42 Å². The number of methoxy groups -OCH3 is 1. The van der Waals surface area contributed by atoms with Gasteiger partial charge in [0.25, 0.3) is 5.91 Å². The fourth-order valence-electron chi connectivity index (χ4n) is 3.68. The smallest absolute Gasteiger partial charge is 0.322 e. The molecule has 2 fully saturated rings. The Labute approximate surface area is 160 Å². The first-order valence-electron chi connectivity index (χ1n) is 8.88. The molecule has 1 heterocycles. The average Bonchev–Trinajstić information content (AvgIpc) is 3.07. The van der Waals surface area contributed by atoms with Crippen molar-refractivity contribution >= 4 is 30.0 Å². The number of benzene rings is 1. The Balaban J connectivity index is 0.00000243. The maximum atomic E-state index is 12.7. The minimum atomic E-state index is -0.175. The zero-order chi connectivity index (χ0) is 17.8. The molecule has 1 aliphatic carbocycles. The number of anilines is 1. The summed E-state index contributed by atoms with van der Waals surface area (Å²) in [5, 5.41) is 5.89. The van der Waals surface area contributed by atoms with Crippen molar-refractivity contribution in [2.24, 2.45) is 11.7 Å². The van der Waals surface area contributed by atoms with Gasteiger partial charge in [0.2, 0.25) is 0 Å². The number of nitrogens with zero attached hydrogens (tertiary/aromatic N) is 1. The maximum Gasteiger partial charge on any atom is 0.322 e. The fraction of sp³-hybridized carbons (Fsp3) is 0.556. The second-order valence-corrected chi connectivity index (χ2v) is 6.63. The van der Waals surface area contributed by atoms with Crippen LogP contribution in [0.15, 0.2) is 18.2 Å². The molecule has 2 aliphatic rings. The van der Waals surface area contributed by atoms with Crippen LogP contribution in [-0.2, 0) is 0 Å². The number of carbonyl (C=O) groups is 2. The third-order valence-corrected chi connectivity index (χ3v) is 5.12. The Bertz CT molecular complexity index is 655. The molecule has 1 saturated heterocycles. The molecule has 7 nitrogen and oxygen atoms in total. The summed E-state index contributed by atoms with van der Waals surface area (Å²) >= 11 is 0. The topological polar surface area (TPSA) is 96.7 Å². The summed E-state index contributed by atoms with van der Waals surface area (Å²) in [7, 11) is 1.56. The average molecular weight is 383 g/mol. The van der Waals surface area contributed by atoms with Crippen molar-refractivity contribution < 1.29 is 14.3 Å². The molecule has 0 aromatic heterocycles. The summed E-state index contributed by atoms with van der Waals surface area (Å²) < 4.78 is 5.36. The lowest BCUT2D eigenvalue weighted by Gasteiger charge is -2.31. The monoisotopic (exact) mass is 382 g/mol.